The van der Waals surface area contributed by atoms with Gasteiger partial charge in [-0.15, -0.1) is 0 Å². The number of ether oxygens (including phenoxy) is 1. The SMILES string of the molecule is CCCN[C@@H](CCCCNC(=O)COc1cccc2c1C(=O)N(C1CCC(=O)NC1=O)C2=O)C(N)=O. The van der Waals surface area contributed by atoms with E-state index < -0.39 is 47.5 Å². The molecule has 0 aromatic heterocycles. The van der Waals surface area contributed by atoms with Crippen LogP contribution in [0.3, 0.4) is 0 Å². The van der Waals surface area contributed by atoms with Gasteiger partial charge in [-0.25, -0.2) is 0 Å². The predicted molar refractivity (Wildman–Crippen MR) is 127 cm³/mol. The fourth-order valence-electron chi connectivity index (χ4n) is 4.16. The van der Waals surface area contributed by atoms with Crippen molar-refractivity contribution < 1.29 is 33.5 Å². The molecule has 0 saturated carbocycles. The molecule has 1 aromatic carbocycles. The summed E-state index contributed by atoms with van der Waals surface area (Å²) in [5.74, 6) is -3.28. The second-order valence-corrected chi connectivity index (χ2v) is 8.67. The zero-order valence-corrected chi connectivity index (χ0v) is 20.1. The number of amides is 6. The Kier molecular flexibility index (Phi) is 9.12. The molecule has 2 aliphatic rings. The standard InChI is InChI=1S/C24H31N5O7/c1-2-11-26-15(21(25)32)7-3-4-12-27-19(31)13-36-17-8-5-6-14-20(17)24(35)29(23(14)34)16-9-10-18(30)28-22(16)33/h5-6,8,15-16,26H,2-4,7,9-13H2,1H3,(H2,25,32)(H,27,31)(H,28,30,33)/t15-,16?/m0/s1. The van der Waals surface area contributed by atoms with Crippen LogP contribution in [0.5, 0.6) is 5.75 Å². The zero-order valence-electron chi connectivity index (χ0n) is 20.1. The molecule has 6 amide bonds. The van der Waals surface area contributed by atoms with E-state index in [1.54, 1.807) is 0 Å². The summed E-state index contributed by atoms with van der Waals surface area (Å²) in [6.45, 7) is 2.69. The maximum atomic E-state index is 13.0. The molecule has 1 fully saturated rings. The molecule has 12 nitrogen and oxygen atoms in total. The lowest BCUT2D eigenvalue weighted by Gasteiger charge is -2.27. The number of fused-ring (bicyclic) bond motifs is 1. The summed E-state index contributed by atoms with van der Waals surface area (Å²) in [6, 6.07) is 2.95. The van der Waals surface area contributed by atoms with Crippen LogP contribution in [0.15, 0.2) is 18.2 Å². The van der Waals surface area contributed by atoms with Crippen molar-refractivity contribution in [3.63, 3.8) is 0 Å². The van der Waals surface area contributed by atoms with Crippen molar-refractivity contribution in [3.8, 4) is 5.75 Å². The molecule has 2 atom stereocenters. The molecule has 5 N–H and O–H groups in total. The number of piperidine rings is 1. The monoisotopic (exact) mass is 501 g/mol. The van der Waals surface area contributed by atoms with Crippen molar-refractivity contribution in [2.24, 2.45) is 5.73 Å². The number of nitrogens with two attached hydrogens (primary N) is 1. The van der Waals surface area contributed by atoms with Gasteiger partial charge in [-0.05, 0) is 50.8 Å². The average Bonchev–Trinajstić information content (AvgIpc) is 3.09. The smallest absolute Gasteiger partial charge is 0.266 e. The number of nitrogens with one attached hydrogen (secondary N) is 3. The van der Waals surface area contributed by atoms with Crippen LogP contribution in [0, 0.1) is 0 Å². The van der Waals surface area contributed by atoms with Gasteiger partial charge in [0.05, 0.1) is 17.2 Å². The summed E-state index contributed by atoms with van der Waals surface area (Å²) in [7, 11) is 0. The summed E-state index contributed by atoms with van der Waals surface area (Å²) >= 11 is 0. The van der Waals surface area contributed by atoms with Gasteiger partial charge >= 0.3 is 0 Å². The van der Waals surface area contributed by atoms with Crippen LogP contribution in [0.2, 0.25) is 0 Å². The van der Waals surface area contributed by atoms with Crippen LogP contribution >= 0.6 is 0 Å². The quantitative estimate of drug-likeness (QED) is 0.208. The number of hydrogen-bond acceptors (Lipinski definition) is 8. The molecule has 1 unspecified atom stereocenters. The van der Waals surface area contributed by atoms with Gasteiger partial charge in [-0.1, -0.05) is 13.0 Å². The lowest BCUT2D eigenvalue weighted by molar-refractivity contribution is -0.136. The van der Waals surface area contributed by atoms with Gasteiger partial charge in [0.15, 0.2) is 6.61 Å². The minimum absolute atomic E-state index is 0.0166. The minimum atomic E-state index is -1.09. The van der Waals surface area contributed by atoms with Gasteiger partial charge < -0.3 is 21.1 Å². The number of primary amides is 1. The molecule has 1 aromatic rings. The summed E-state index contributed by atoms with van der Waals surface area (Å²) in [5.41, 5.74) is 5.44. The van der Waals surface area contributed by atoms with Crippen LogP contribution in [-0.2, 0) is 19.2 Å². The van der Waals surface area contributed by atoms with Crippen molar-refractivity contribution in [1.29, 1.82) is 0 Å². The number of rotatable bonds is 13. The first kappa shape index (κ1) is 26.8. The highest BCUT2D eigenvalue weighted by Gasteiger charge is 2.46. The molecule has 3 rings (SSSR count). The first-order valence-electron chi connectivity index (χ1n) is 12.0. The summed E-state index contributed by atoms with van der Waals surface area (Å²) in [6.07, 6.45) is 2.84. The summed E-state index contributed by atoms with van der Waals surface area (Å²) in [5, 5.41) is 7.94. The molecule has 1 saturated heterocycles. The molecule has 0 radical (unpaired) electrons. The Morgan fingerprint density at radius 2 is 1.94 bits per heavy atom. The van der Waals surface area contributed by atoms with E-state index in [0.717, 1.165) is 11.3 Å². The summed E-state index contributed by atoms with van der Waals surface area (Å²) in [4.78, 5) is 74.0. The molecule has 2 heterocycles. The Bertz CT molecular complexity index is 1060. The second kappa shape index (κ2) is 12.2. The van der Waals surface area contributed by atoms with Gasteiger partial charge in [0, 0.05) is 13.0 Å². The van der Waals surface area contributed by atoms with Crippen molar-refractivity contribution in [1.82, 2.24) is 20.9 Å². The van der Waals surface area contributed by atoms with E-state index in [1.165, 1.54) is 18.2 Å². The van der Waals surface area contributed by atoms with Crippen LogP contribution in [0.25, 0.3) is 0 Å². The van der Waals surface area contributed by atoms with Crippen LogP contribution in [0.4, 0.5) is 0 Å². The predicted octanol–water partition coefficient (Wildman–Crippen LogP) is -0.393. The maximum absolute atomic E-state index is 13.0. The number of unbranched alkanes of at least 4 members (excludes halogenated alkanes) is 1. The van der Waals surface area contributed by atoms with Crippen molar-refractivity contribution in [2.45, 2.75) is 57.5 Å². The van der Waals surface area contributed by atoms with E-state index in [1.807, 2.05) is 6.92 Å². The Hall–Kier alpha value is -3.80. The first-order chi connectivity index (χ1) is 17.2. The Labute approximate surface area is 208 Å². The average molecular weight is 502 g/mol. The van der Waals surface area contributed by atoms with Gasteiger partial charge in [0.25, 0.3) is 17.7 Å². The molecule has 0 bridgehead atoms. The van der Waals surface area contributed by atoms with E-state index in [2.05, 4.69) is 16.0 Å². The fraction of sp³-hybridized carbons (Fsp3) is 0.500. The molecule has 0 spiro atoms. The lowest BCUT2D eigenvalue weighted by atomic mass is 10.0. The molecular formula is C24H31N5O7. The molecule has 0 aliphatic carbocycles. The highest BCUT2D eigenvalue weighted by Crippen LogP contribution is 2.33. The molecular weight excluding hydrogens is 470 g/mol. The van der Waals surface area contributed by atoms with Gasteiger partial charge in [0.2, 0.25) is 17.7 Å². The number of imide groups is 2. The molecule has 36 heavy (non-hydrogen) atoms. The lowest BCUT2D eigenvalue weighted by Crippen LogP contribution is -2.54. The van der Waals surface area contributed by atoms with E-state index >= 15 is 0 Å². The largest absolute Gasteiger partial charge is 0.483 e. The summed E-state index contributed by atoms with van der Waals surface area (Å²) < 4.78 is 5.54. The third kappa shape index (κ3) is 6.25. The minimum Gasteiger partial charge on any atom is -0.483 e. The second-order valence-electron chi connectivity index (χ2n) is 8.67. The van der Waals surface area contributed by atoms with Crippen molar-refractivity contribution in [3.05, 3.63) is 29.3 Å². The van der Waals surface area contributed by atoms with Gasteiger partial charge in [0.1, 0.15) is 11.8 Å². The van der Waals surface area contributed by atoms with Crippen molar-refractivity contribution in [2.75, 3.05) is 19.7 Å². The highest BCUT2D eigenvalue weighted by molar-refractivity contribution is 6.24. The van der Waals surface area contributed by atoms with Crippen LogP contribution in [0.1, 0.15) is 66.2 Å². The van der Waals surface area contributed by atoms with Crippen LogP contribution < -0.4 is 26.4 Å². The number of benzene rings is 1. The third-order valence-electron chi connectivity index (χ3n) is 6.01. The third-order valence-corrected chi connectivity index (χ3v) is 6.01. The van der Waals surface area contributed by atoms with E-state index in [9.17, 15) is 28.8 Å². The molecule has 12 heteroatoms. The zero-order chi connectivity index (χ0) is 26.2. The number of hydrogen-bond donors (Lipinski definition) is 4. The first-order valence-corrected chi connectivity index (χ1v) is 12.0. The Balaban J connectivity index is 1.50. The number of nitrogens with zero attached hydrogens (tertiary/aromatic N) is 1. The Morgan fingerprint density at radius 3 is 2.64 bits per heavy atom. The van der Waals surface area contributed by atoms with Gasteiger partial charge in [-0.2, -0.15) is 0 Å². The molecule has 194 valence electrons. The maximum Gasteiger partial charge on any atom is 0.266 e. The van der Waals surface area contributed by atoms with Crippen LogP contribution in [-0.4, -0.2) is 72.1 Å². The Morgan fingerprint density at radius 1 is 1.17 bits per heavy atom. The number of carbonyl (C=O) groups excluding carboxylic acids is 6. The normalized spacial score (nSPS) is 18.0. The fourth-order valence-corrected chi connectivity index (χ4v) is 4.16. The van der Waals surface area contributed by atoms with E-state index in [-0.39, 0.29) is 36.3 Å². The van der Waals surface area contributed by atoms with Crippen molar-refractivity contribution >= 4 is 35.4 Å². The van der Waals surface area contributed by atoms with E-state index in [0.29, 0.717) is 32.4 Å². The molecule has 2 aliphatic heterocycles. The number of carbonyl (C=O) groups is 6. The van der Waals surface area contributed by atoms with E-state index in [4.69, 9.17) is 10.5 Å². The highest BCUT2D eigenvalue weighted by atomic mass is 16.5. The topological polar surface area (TPSA) is 177 Å². The van der Waals surface area contributed by atoms with Gasteiger partial charge in [-0.3, -0.25) is 39.0 Å².